The standard InChI is InChI=1S/C22H19ClN4O3/c1-2-5-26-12-17(11-25-26)27-18-7-16(23)10-24-19(18)22(21(27)30)8-14-4-3-13(20(28)29)6-15(14)9-22/h3-4,6-7,10-12H,2,5,8-9H2,1H3,(H,28,29). The number of pyridine rings is 1. The summed E-state index contributed by atoms with van der Waals surface area (Å²) in [6, 6.07) is 6.82. The first-order valence-corrected chi connectivity index (χ1v) is 10.2. The van der Waals surface area contributed by atoms with E-state index < -0.39 is 11.4 Å². The number of aromatic nitrogens is 3. The lowest BCUT2D eigenvalue weighted by molar-refractivity contribution is -0.122. The number of fused-ring (bicyclic) bond motifs is 3. The van der Waals surface area contributed by atoms with Crippen LogP contribution in [-0.2, 0) is 29.6 Å². The normalized spacial score (nSPS) is 19.4. The maximum atomic E-state index is 13.8. The number of halogens is 1. The number of carboxylic acid groups (broad SMARTS) is 1. The van der Waals surface area contributed by atoms with E-state index in [0.29, 0.717) is 34.9 Å². The Morgan fingerprint density at radius 1 is 1.23 bits per heavy atom. The highest BCUT2D eigenvalue weighted by Crippen LogP contribution is 2.51. The van der Waals surface area contributed by atoms with Crippen LogP contribution in [0.15, 0.2) is 42.9 Å². The predicted octanol–water partition coefficient (Wildman–Crippen LogP) is 3.75. The molecule has 0 radical (unpaired) electrons. The highest BCUT2D eigenvalue weighted by Gasteiger charge is 2.55. The summed E-state index contributed by atoms with van der Waals surface area (Å²) >= 11 is 6.23. The maximum Gasteiger partial charge on any atom is 0.335 e. The quantitative estimate of drug-likeness (QED) is 0.691. The lowest BCUT2D eigenvalue weighted by Crippen LogP contribution is -2.39. The number of carbonyl (C=O) groups excluding carboxylic acids is 1. The summed E-state index contributed by atoms with van der Waals surface area (Å²) in [6.45, 7) is 2.83. The third kappa shape index (κ3) is 2.65. The van der Waals surface area contributed by atoms with Gasteiger partial charge < -0.3 is 5.11 Å². The Bertz CT molecular complexity index is 1200. The molecule has 1 amide bonds. The molecule has 2 aromatic heterocycles. The van der Waals surface area contributed by atoms with Gasteiger partial charge in [0.1, 0.15) is 5.41 Å². The van der Waals surface area contributed by atoms with Gasteiger partial charge >= 0.3 is 5.97 Å². The first kappa shape index (κ1) is 18.8. The smallest absolute Gasteiger partial charge is 0.335 e. The van der Waals surface area contributed by atoms with Crippen LogP contribution in [0.1, 0.15) is 40.5 Å². The number of rotatable bonds is 4. The van der Waals surface area contributed by atoms with E-state index in [9.17, 15) is 14.7 Å². The van der Waals surface area contributed by atoms with Crippen molar-refractivity contribution in [1.29, 1.82) is 0 Å². The molecule has 152 valence electrons. The van der Waals surface area contributed by atoms with Crippen molar-refractivity contribution in [3.63, 3.8) is 0 Å². The average Bonchev–Trinajstić information content (AvgIpc) is 3.38. The molecular formula is C22H19ClN4O3. The Hall–Kier alpha value is -3.19. The van der Waals surface area contributed by atoms with E-state index in [1.807, 2.05) is 10.9 Å². The second-order valence-corrected chi connectivity index (χ2v) is 8.28. The molecule has 1 aliphatic heterocycles. The van der Waals surface area contributed by atoms with Crippen molar-refractivity contribution < 1.29 is 14.7 Å². The predicted molar refractivity (Wildman–Crippen MR) is 111 cm³/mol. The summed E-state index contributed by atoms with van der Waals surface area (Å²) in [5.41, 5.74) is 3.21. The molecule has 1 unspecified atom stereocenters. The number of hydrogen-bond donors (Lipinski definition) is 1. The fourth-order valence-electron chi connectivity index (χ4n) is 4.60. The summed E-state index contributed by atoms with van der Waals surface area (Å²) < 4.78 is 1.81. The van der Waals surface area contributed by atoms with E-state index in [-0.39, 0.29) is 11.5 Å². The molecule has 0 bridgehead atoms. The van der Waals surface area contributed by atoms with E-state index in [1.165, 1.54) is 0 Å². The number of amides is 1. The summed E-state index contributed by atoms with van der Waals surface area (Å²) in [5, 5.41) is 14.2. The van der Waals surface area contributed by atoms with Crippen molar-refractivity contribution in [2.75, 3.05) is 4.90 Å². The number of aryl methyl sites for hydroxylation is 1. The summed E-state index contributed by atoms with van der Waals surface area (Å²) in [7, 11) is 0. The van der Waals surface area contributed by atoms with Crippen LogP contribution < -0.4 is 4.90 Å². The monoisotopic (exact) mass is 422 g/mol. The van der Waals surface area contributed by atoms with E-state index >= 15 is 0 Å². The van der Waals surface area contributed by atoms with Gasteiger partial charge in [0.15, 0.2) is 0 Å². The van der Waals surface area contributed by atoms with E-state index in [4.69, 9.17) is 11.6 Å². The molecule has 5 rings (SSSR count). The fourth-order valence-corrected chi connectivity index (χ4v) is 4.75. The maximum absolute atomic E-state index is 13.8. The zero-order valence-corrected chi connectivity index (χ0v) is 17.1. The van der Waals surface area contributed by atoms with Crippen molar-refractivity contribution in [1.82, 2.24) is 14.8 Å². The van der Waals surface area contributed by atoms with Crippen molar-refractivity contribution in [2.24, 2.45) is 0 Å². The van der Waals surface area contributed by atoms with Crippen molar-refractivity contribution in [2.45, 2.75) is 38.1 Å². The van der Waals surface area contributed by atoms with Gasteiger partial charge in [0, 0.05) is 18.9 Å². The van der Waals surface area contributed by atoms with Gasteiger partial charge in [0.05, 0.1) is 33.9 Å². The van der Waals surface area contributed by atoms with Gasteiger partial charge in [0.25, 0.3) is 0 Å². The molecule has 1 atom stereocenters. The molecule has 2 aliphatic rings. The second-order valence-electron chi connectivity index (χ2n) is 7.85. The van der Waals surface area contributed by atoms with Gasteiger partial charge in [-0.25, -0.2) is 4.79 Å². The second kappa shape index (κ2) is 6.67. The Morgan fingerprint density at radius 2 is 2.03 bits per heavy atom. The number of benzene rings is 1. The van der Waals surface area contributed by atoms with Crippen LogP contribution in [0.25, 0.3) is 0 Å². The molecule has 3 heterocycles. The lowest BCUT2D eigenvalue weighted by atomic mass is 9.82. The third-order valence-electron chi connectivity index (χ3n) is 5.91. The fraction of sp³-hybridized carbons (Fsp3) is 0.273. The molecule has 1 aliphatic carbocycles. The van der Waals surface area contributed by atoms with Gasteiger partial charge in [-0.2, -0.15) is 5.10 Å². The number of carbonyl (C=O) groups is 2. The molecule has 7 nitrogen and oxygen atoms in total. The molecule has 0 fully saturated rings. The minimum atomic E-state index is -0.980. The topological polar surface area (TPSA) is 88.3 Å². The van der Waals surface area contributed by atoms with Gasteiger partial charge in [-0.15, -0.1) is 0 Å². The largest absolute Gasteiger partial charge is 0.478 e. The lowest BCUT2D eigenvalue weighted by Gasteiger charge is -2.22. The van der Waals surface area contributed by atoms with Crippen molar-refractivity contribution in [3.8, 4) is 0 Å². The van der Waals surface area contributed by atoms with E-state index in [0.717, 1.165) is 24.1 Å². The van der Waals surface area contributed by atoms with Gasteiger partial charge in [-0.05, 0) is 48.6 Å². The number of nitrogens with zero attached hydrogens (tertiary/aromatic N) is 4. The summed E-state index contributed by atoms with van der Waals surface area (Å²) in [5.74, 6) is -1.07. The van der Waals surface area contributed by atoms with Crippen LogP contribution in [0, 0.1) is 0 Å². The number of aromatic carboxylic acids is 1. The van der Waals surface area contributed by atoms with Crippen molar-refractivity contribution in [3.05, 3.63) is 70.3 Å². The van der Waals surface area contributed by atoms with E-state index in [1.54, 1.807) is 41.6 Å². The van der Waals surface area contributed by atoms with Crippen LogP contribution in [-0.4, -0.2) is 31.7 Å². The molecule has 1 aromatic carbocycles. The highest BCUT2D eigenvalue weighted by atomic mass is 35.5. The number of anilines is 2. The van der Waals surface area contributed by atoms with E-state index in [2.05, 4.69) is 17.0 Å². The molecule has 1 spiro atoms. The molecular weight excluding hydrogens is 404 g/mol. The molecule has 0 saturated carbocycles. The number of hydrogen-bond acceptors (Lipinski definition) is 4. The highest BCUT2D eigenvalue weighted by molar-refractivity contribution is 6.31. The minimum Gasteiger partial charge on any atom is -0.478 e. The third-order valence-corrected chi connectivity index (χ3v) is 6.12. The first-order chi connectivity index (χ1) is 14.4. The Labute approximate surface area is 177 Å². The molecule has 8 heteroatoms. The molecule has 3 aromatic rings. The zero-order valence-electron chi connectivity index (χ0n) is 16.3. The first-order valence-electron chi connectivity index (χ1n) is 9.81. The van der Waals surface area contributed by atoms with Gasteiger partial charge in [-0.1, -0.05) is 24.6 Å². The van der Waals surface area contributed by atoms with Gasteiger partial charge in [0.2, 0.25) is 5.91 Å². The summed E-state index contributed by atoms with van der Waals surface area (Å²) in [6.07, 6.45) is 6.92. The Kier molecular flexibility index (Phi) is 4.18. The Balaban J connectivity index is 1.62. The zero-order chi connectivity index (χ0) is 21.0. The Morgan fingerprint density at radius 3 is 2.80 bits per heavy atom. The van der Waals surface area contributed by atoms with Crippen LogP contribution in [0.2, 0.25) is 5.02 Å². The van der Waals surface area contributed by atoms with Gasteiger partial charge in [-0.3, -0.25) is 19.4 Å². The molecule has 30 heavy (non-hydrogen) atoms. The summed E-state index contributed by atoms with van der Waals surface area (Å²) in [4.78, 5) is 31.5. The van der Waals surface area contributed by atoms with Crippen LogP contribution in [0.4, 0.5) is 11.4 Å². The van der Waals surface area contributed by atoms with Crippen molar-refractivity contribution >= 4 is 34.9 Å². The number of carboxylic acids is 1. The molecule has 1 N–H and O–H groups in total. The average molecular weight is 423 g/mol. The van der Waals surface area contributed by atoms with Crippen LogP contribution in [0.3, 0.4) is 0 Å². The SMILES string of the molecule is CCCn1cc(N2C(=O)C3(Cc4ccc(C(=O)O)cc4C3)c3ncc(Cl)cc32)cn1. The van der Waals surface area contributed by atoms with Crippen LogP contribution in [0.5, 0.6) is 0 Å². The van der Waals surface area contributed by atoms with Crippen LogP contribution >= 0.6 is 11.6 Å². The minimum absolute atomic E-state index is 0.0867. The molecule has 0 saturated heterocycles.